The third-order valence-corrected chi connectivity index (χ3v) is 3.36. The third kappa shape index (κ3) is 3.34. The second-order valence-corrected chi connectivity index (χ2v) is 5.14. The molecule has 2 rings (SSSR count). The summed E-state index contributed by atoms with van der Waals surface area (Å²) >= 11 is 11.7. The summed E-state index contributed by atoms with van der Waals surface area (Å²) in [7, 11) is 0. The van der Waals surface area contributed by atoms with Crippen LogP contribution < -0.4 is 5.32 Å². The Kier molecular flexibility index (Phi) is 4.43. The number of pyridine rings is 1. The average Bonchev–Trinajstić information content (AvgIpc) is 2.32. The number of hydrogen-bond acceptors (Lipinski definition) is 3. The van der Waals surface area contributed by atoms with Crippen molar-refractivity contribution in [2.75, 3.05) is 6.61 Å². The second-order valence-electron chi connectivity index (χ2n) is 4.34. The minimum absolute atomic E-state index is 0.0955. The van der Waals surface area contributed by atoms with Crippen molar-refractivity contribution < 1.29 is 9.53 Å². The van der Waals surface area contributed by atoms with E-state index in [1.165, 1.54) is 0 Å². The number of amides is 1. The Morgan fingerprint density at radius 2 is 2.28 bits per heavy atom. The molecule has 4 nitrogen and oxygen atoms in total. The molecule has 6 heteroatoms. The molecule has 1 aliphatic heterocycles. The lowest BCUT2D eigenvalue weighted by atomic mass is 10.0. The summed E-state index contributed by atoms with van der Waals surface area (Å²) in [6.07, 6.45) is 1.75. The number of carbonyl (C=O) groups is 1. The molecule has 2 unspecified atom stereocenters. The molecule has 0 radical (unpaired) electrons. The highest BCUT2D eigenvalue weighted by Crippen LogP contribution is 2.18. The van der Waals surface area contributed by atoms with Crippen LogP contribution in [-0.4, -0.2) is 29.6 Å². The van der Waals surface area contributed by atoms with Crippen molar-refractivity contribution in [3.63, 3.8) is 0 Å². The Balaban J connectivity index is 2.05. The number of carbonyl (C=O) groups excluding carboxylic acids is 1. The fourth-order valence-electron chi connectivity index (χ4n) is 1.96. The van der Waals surface area contributed by atoms with Crippen molar-refractivity contribution in [1.82, 2.24) is 10.3 Å². The number of ether oxygens (including phenoxy) is 1. The minimum atomic E-state index is -0.290. The van der Waals surface area contributed by atoms with Gasteiger partial charge in [-0.15, -0.1) is 0 Å². The quantitative estimate of drug-likeness (QED) is 0.852. The van der Waals surface area contributed by atoms with E-state index in [1.54, 1.807) is 12.1 Å². The van der Waals surface area contributed by atoms with E-state index in [9.17, 15) is 4.79 Å². The summed E-state index contributed by atoms with van der Waals surface area (Å²) in [5.41, 5.74) is 0.170. The van der Waals surface area contributed by atoms with E-state index >= 15 is 0 Å². The number of aromatic nitrogens is 1. The Labute approximate surface area is 116 Å². The molecule has 2 heterocycles. The number of hydrogen-bond donors (Lipinski definition) is 1. The van der Waals surface area contributed by atoms with Crippen molar-refractivity contribution in [3.8, 4) is 0 Å². The van der Waals surface area contributed by atoms with Gasteiger partial charge >= 0.3 is 0 Å². The standard InChI is InChI=1S/C12H14Cl2N2O2/c1-7-6-8(4-5-18-7)15-12(17)11-9(13)2-3-10(14)16-11/h2-3,7-8H,4-6H2,1H3,(H,15,17). The molecule has 18 heavy (non-hydrogen) atoms. The molecule has 0 bridgehead atoms. The predicted molar refractivity (Wildman–Crippen MR) is 70.2 cm³/mol. The topological polar surface area (TPSA) is 51.2 Å². The molecule has 0 aliphatic carbocycles. The lowest BCUT2D eigenvalue weighted by molar-refractivity contribution is 0.0136. The number of nitrogens with one attached hydrogen (secondary N) is 1. The monoisotopic (exact) mass is 288 g/mol. The molecule has 1 amide bonds. The van der Waals surface area contributed by atoms with Gasteiger partial charge in [0.1, 0.15) is 10.8 Å². The van der Waals surface area contributed by atoms with Gasteiger partial charge in [0.25, 0.3) is 5.91 Å². The van der Waals surface area contributed by atoms with E-state index in [1.807, 2.05) is 6.92 Å². The summed E-state index contributed by atoms with van der Waals surface area (Å²) in [5.74, 6) is -0.290. The van der Waals surface area contributed by atoms with Crippen molar-refractivity contribution in [3.05, 3.63) is 28.0 Å². The SMILES string of the molecule is CC1CC(NC(=O)c2nc(Cl)ccc2Cl)CCO1. The van der Waals surface area contributed by atoms with Gasteiger partial charge in [0.05, 0.1) is 11.1 Å². The van der Waals surface area contributed by atoms with Gasteiger partial charge in [-0.3, -0.25) is 4.79 Å². The lowest BCUT2D eigenvalue weighted by Gasteiger charge is -2.27. The third-order valence-electron chi connectivity index (χ3n) is 2.85. The molecule has 1 saturated heterocycles. The lowest BCUT2D eigenvalue weighted by Crippen LogP contribution is -2.41. The van der Waals surface area contributed by atoms with E-state index < -0.39 is 0 Å². The fourth-order valence-corrected chi connectivity index (χ4v) is 2.30. The highest BCUT2D eigenvalue weighted by atomic mass is 35.5. The van der Waals surface area contributed by atoms with Crippen molar-refractivity contribution in [2.24, 2.45) is 0 Å². The van der Waals surface area contributed by atoms with Gasteiger partial charge in [0.2, 0.25) is 0 Å². The summed E-state index contributed by atoms with van der Waals surface area (Å²) in [4.78, 5) is 16.0. The zero-order valence-corrected chi connectivity index (χ0v) is 11.5. The maximum Gasteiger partial charge on any atom is 0.271 e. The number of halogens is 2. The average molecular weight is 289 g/mol. The van der Waals surface area contributed by atoms with Gasteiger partial charge in [-0.1, -0.05) is 23.2 Å². The van der Waals surface area contributed by atoms with Crippen LogP contribution in [0, 0.1) is 0 Å². The van der Waals surface area contributed by atoms with Gasteiger partial charge in [0, 0.05) is 12.6 Å². The van der Waals surface area contributed by atoms with Crippen LogP contribution in [0.1, 0.15) is 30.3 Å². The van der Waals surface area contributed by atoms with Gasteiger partial charge in [-0.05, 0) is 31.9 Å². The molecule has 1 aromatic heterocycles. The van der Waals surface area contributed by atoms with Crippen LogP contribution in [0.25, 0.3) is 0 Å². The van der Waals surface area contributed by atoms with Crippen LogP contribution in [0.5, 0.6) is 0 Å². The molecule has 1 aliphatic rings. The molecule has 1 fully saturated rings. The molecule has 0 saturated carbocycles. The largest absolute Gasteiger partial charge is 0.378 e. The maximum atomic E-state index is 12.0. The highest BCUT2D eigenvalue weighted by molar-refractivity contribution is 6.34. The van der Waals surface area contributed by atoms with Crippen molar-refractivity contribution in [1.29, 1.82) is 0 Å². The van der Waals surface area contributed by atoms with E-state index in [4.69, 9.17) is 27.9 Å². The van der Waals surface area contributed by atoms with Gasteiger partial charge in [0.15, 0.2) is 0 Å². The zero-order valence-electron chi connectivity index (χ0n) is 9.95. The molecular formula is C12H14Cl2N2O2. The smallest absolute Gasteiger partial charge is 0.271 e. The Morgan fingerprint density at radius 1 is 1.50 bits per heavy atom. The molecule has 1 N–H and O–H groups in total. The van der Waals surface area contributed by atoms with Crippen LogP contribution in [-0.2, 0) is 4.74 Å². The van der Waals surface area contributed by atoms with Gasteiger partial charge < -0.3 is 10.1 Å². The molecule has 1 aromatic rings. The second kappa shape index (κ2) is 5.87. The van der Waals surface area contributed by atoms with Crippen LogP contribution in [0.4, 0.5) is 0 Å². The highest BCUT2D eigenvalue weighted by Gasteiger charge is 2.23. The zero-order chi connectivity index (χ0) is 13.1. The number of nitrogens with zero attached hydrogens (tertiary/aromatic N) is 1. The van der Waals surface area contributed by atoms with Crippen molar-refractivity contribution in [2.45, 2.75) is 31.9 Å². The fraction of sp³-hybridized carbons (Fsp3) is 0.500. The summed E-state index contributed by atoms with van der Waals surface area (Å²) in [6, 6.07) is 3.22. The molecule has 98 valence electrons. The summed E-state index contributed by atoms with van der Waals surface area (Å²) in [6.45, 7) is 2.64. The summed E-state index contributed by atoms with van der Waals surface area (Å²) in [5, 5.41) is 3.47. The van der Waals surface area contributed by atoms with E-state index in [0.29, 0.717) is 11.6 Å². The first-order valence-corrected chi connectivity index (χ1v) is 6.56. The van der Waals surface area contributed by atoms with Crippen LogP contribution in [0.15, 0.2) is 12.1 Å². The molecule has 0 spiro atoms. The Bertz CT molecular complexity index is 454. The van der Waals surface area contributed by atoms with E-state index in [0.717, 1.165) is 12.8 Å². The first kappa shape index (κ1) is 13.6. The molecular weight excluding hydrogens is 275 g/mol. The first-order chi connectivity index (χ1) is 8.56. The van der Waals surface area contributed by atoms with Gasteiger partial charge in [-0.2, -0.15) is 0 Å². The van der Waals surface area contributed by atoms with Crippen LogP contribution in [0.3, 0.4) is 0 Å². The maximum absolute atomic E-state index is 12.0. The van der Waals surface area contributed by atoms with Crippen molar-refractivity contribution >= 4 is 29.1 Å². The Morgan fingerprint density at radius 3 is 3.00 bits per heavy atom. The van der Waals surface area contributed by atoms with Crippen LogP contribution in [0.2, 0.25) is 10.2 Å². The van der Waals surface area contributed by atoms with E-state index in [2.05, 4.69) is 10.3 Å². The minimum Gasteiger partial charge on any atom is -0.378 e. The first-order valence-electron chi connectivity index (χ1n) is 5.81. The Hall–Kier alpha value is -0.840. The van der Waals surface area contributed by atoms with Gasteiger partial charge in [-0.25, -0.2) is 4.98 Å². The molecule has 2 atom stereocenters. The van der Waals surface area contributed by atoms with Crippen LogP contribution >= 0.6 is 23.2 Å². The summed E-state index contributed by atoms with van der Waals surface area (Å²) < 4.78 is 5.42. The molecule has 0 aromatic carbocycles. The number of rotatable bonds is 2. The van der Waals surface area contributed by atoms with E-state index in [-0.39, 0.29) is 28.9 Å². The predicted octanol–water partition coefficient (Wildman–Crippen LogP) is 2.69. The normalized spacial score (nSPS) is 23.7.